The summed E-state index contributed by atoms with van der Waals surface area (Å²) in [5.41, 5.74) is 0. The maximum absolute atomic E-state index is 11.6. The van der Waals surface area contributed by atoms with Crippen molar-refractivity contribution in [2.75, 3.05) is 7.05 Å². The summed E-state index contributed by atoms with van der Waals surface area (Å²) in [5, 5.41) is 0. The van der Waals surface area contributed by atoms with Gasteiger partial charge in [0.25, 0.3) is 5.91 Å². The lowest BCUT2D eigenvalue weighted by molar-refractivity contribution is -0.130. The molecule has 0 spiro atoms. The minimum Gasteiger partial charge on any atom is -0.316 e. The Morgan fingerprint density at radius 1 is 1.31 bits per heavy atom. The molecular weight excluding hydrogens is 168 g/mol. The van der Waals surface area contributed by atoms with E-state index in [2.05, 4.69) is 0 Å². The summed E-state index contributed by atoms with van der Waals surface area (Å²) in [6.45, 7) is 1.78. The Morgan fingerprint density at radius 3 is 2.23 bits per heavy atom. The van der Waals surface area contributed by atoms with Gasteiger partial charge in [-0.1, -0.05) is 0 Å². The summed E-state index contributed by atoms with van der Waals surface area (Å²) in [7, 11) is 1.68. The molecule has 0 aromatic carbocycles. The lowest BCUT2D eigenvalue weighted by Crippen LogP contribution is -2.44. The van der Waals surface area contributed by atoms with Crippen LogP contribution in [0.25, 0.3) is 0 Å². The average molecular weight is 182 g/mol. The Hall–Kier alpha value is -1.06. The van der Waals surface area contributed by atoms with E-state index in [0.717, 1.165) is 19.3 Å². The second kappa shape index (κ2) is 2.72. The molecule has 72 valence electrons. The van der Waals surface area contributed by atoms with Crippen molar-refractivity contribution < 1.29 is 9.59 Å². The van der Waals surface area contributed by atoms with E-state index in [1.165, 1.54) is 9.80 Å². The van der Waals surface area contributed by atoms with E-state index in [4.69, 9.17) is 0 Å². The molecule has 1 aliphatic carbocycles. The van der Waals surface area contributed by atoms with Crippen LogP contribution in [-0.2, 0) is 4.79 Å². The van der Waals surface area contributed by atoms with Crippen molar-refractivity contribution >= 4 is 11.9 Å². The molecule has 0 radical (unpaired) electrons. The summed E-state index contributed by atoms with van der Waals surface area (Å²) in [6, 6.07) is -0.206. The normalized spacial score (nSPS) is 29.8. The molecule has 1 saturated heterocycles. The number of likely N-dealkylation sites (N-methyl/N-ethyl adjacent to an activating group) is 1. The second-order valence-corrected chi connectivity index (χ2v) is 3.86. The van der Waals surface area contributed by atoms with Gasteiger partial charge in [0.2, 0.25) is 0 Å². The van der Waals surface area contributed by atoms with Gasteiger partial charge in [-0.2, -0.15) is 0 Å². The summed E-state index contributed by atoms with van der Waals surface area (Å²) in [4.78, 5) is 26.2. The fourth-order valence-corrected chi connectivity index (χ4v) is 1.78. The zero-order chi connectivity index (χ0) is 9.59. The fourth-order valence-electron chi connectivity index (χ4n) is 1.78. The van der Waals surface area contributed by atoms with E-state index >= 15 is 0 Å². The summed E-state index contributed by atoms with van der Waals surface area (Å²) in [5.74, 6) is -0.0304. The Balaban J connectivity index is 2.18. The zero-order valence-corrected chi connectivity index (χ0v) is 7.99. The molecule has 2 rings (SSSR count). The third-order valence-corrected chi connectivity index (χ3v) is 3.12. The molecule has 0 N–H and O–H groups in total. The first-order valence-electron chi connectivity index (χ1n) is 4.73. The number of hydrogen-bond donors (Lipinski definition) is 0. The van der Waals surface area contributed by atoms with Crippen LogP contribution in [0.4, 0.5) is 4.79 Å². The molecule has 0 bridgehead atoms. The van der Waals surface area contributed by atoms with Crippen molar-refractivity contribution in [3.05, 3.63) is 0 Å². The average Bonchev–Trinajstić information content (AvgIpc) is 2.19. The van der Waals surface area contributed by atoms with Crippen LogP contribution in [0.1, 0.15) is 26.2 Å². The molecule has 2 aliphatic rings. The number of carbonyl (C=O) groups is 2. The number of carbonyl (C=O) groups excluding carboxylic acids is 2. The van der Waals surface area contributed by atoms with Gasteiger partial charge in [-0.15, -0.1) is 0 Å². The number of amides is 3. The molecule has 4 nitrogen and oxygen atoms in total. The van der Waals surface area contributed by atoms with E-state index in [-0.39, 0.29) is 24.0 Å². The van der Waals surface area contributed by atoms with Gasteiger partial charge in [-0.3, -0.25) is 9.69 Å². The largest absolute Gasteiger partial charge is 0.327 e. The molecule has 0 aromatic rings. The predicted molar refractivity (Wildman–Crippen MR) is 47.1 cm³/mol. The number of imide groups is 1. The van der Waals surface area contributed by atoms with Crippen LogP contribution >= 0.6 is 0 Å². The molecule has 1 saturated carbocycles. The Morgan fingerprint density at radius 2 is 1.92 bits per heavy atom. The first-order chi connectivity index (χ1) is 6.13. The van der Waals surface area contributed by atoms with E-state index in [1.807, 2.05) is 0 Å². The number of urea groups is 1. The maximum atomic E-state index is 11.6. The molecule has 1 heterocycles. The van der Waals surface area contributed by atoms with Gasteiger partial charge in [-0.05, 0) is 26.2 Å². The smallest absolute Gasteiger partial charge is 0.316 e. The first kappa shape index (κ1) is 8.53. The molecule has 4 heteroatoms. The molecule has 0 aromatic heterocycles. The number of hydrogen-bond acceptors (Lipinski definition) is 2. The van der Waals surface area contributed by atoms with E-state index in [1.54, 1.807) is 14.0 Å². The third-order valence-electron chi connectivity index (χ3n) is 3.12. The molecule has 2 fully saturated rings. The lowest BCUT2D eigenvalue weighted by Gasteiger charge is -2.32. The standard InChI is InChI=1S/C9H14N2O2/c1-6-8(12)11(7-4-3-5-7)9(13)10(6)2/h6-7H,3-5H2,1-2H3/t6-/m1/s1. The zero-order valence-electron chi connectivity index (χ0n) is 7.99. The van der Waals surface area contributed by atoms with Crippen molar-refractivity contribution in [3.63, 3.8) is 0 Å². The van der Waals surface area contributed by atoms with E-state index < -0.39 is 0 Å². The second-order valence-electron chi connectivity index (χ2n) is 3.86. The van der Waals surface area contributed by atoms with Crippen LogP contribution in [0.15, 0.2) is 0 Å². The predicted octanol–water partition coefficient (Wildman–Crippen LogP) is 0.821. The topological polar surface area (TPSA) is 40.6 Å². The highest BCUT2D eigenvalue weighted by molar-refractivity contribution is 6.04. The van der Waals surface area contributed by atoms with Crippen molar-refractivity contribution in [2.45, 2.75) is 38.3 Å². The van der Waals surface area contributed by atoms with Crippen molar-refractivity contribution in [1.29, 1.82) is 0 Å². The SMILES string of the molecule is C[C@@H]1C(=O)N(C2CCC2)C(=O)N1C. The van der Waals surface area contributed by atoms with Gasteiger partial charge in [0.15, 0.2) is 0 Å². The van der Waals surface area contributed by atoms with Crippen LogP contribution in [0.2, 0.25) is 0 Å². The minimum absolute atomic E-state index is 0.0304. The van der Waals surface area contributed by atoms with Crippen LogP contribution in [0, 0.1) is 0 Å². The molecule has 3 amide bonds. The van der Waals surface area contributed by atoms with Crippen LogP contribution < -0.4 is 0 Å². The lowest BCUT2D eigenvalue weighted by atomic mass is 9.92. The Labute approximate surface area is 77.5 Å². The number of nitrogens with zero attached hydrogens (tertiary/aromatic N) is 2. The fraction of sp³-hybridized carbons (Fsp3) is 0.778. The van der Waals surface area contributed by atoms with Crippen LogP contribution in [-0.4, -0.2) is 40.9 Å². The summed E-state index contributed by atoms with van der Waals surface area (Å²) < 4.78 is 0. The van der Waals surface area contributed by atoms with Gasteiger partial charge in [0, 0.05) is 13.1 Å². The molecule has 1 aliphatic heterocycles. The van der Waals surface area contributed by atoms with Gasteiger partial charge in [-0.25, -0.2) is 4.79 Å². The van der Waals surface area contributed by atoms with Crippen LogP contribution in [0.5, 0.6) is 0 Å². The van der Waals surface area contributed by atoms with Crippen molar-refractivity contribution in [1.82, 2.24) is 9.80 Å². The van der Waals surface area contributed by atoms with E-state index in [9.17, 15) is 9.59 Å². The monoisotopic (exact) mass is 182 g/mol. The minimum atomic E-state index is -0.270. The maximum Gasteiger partial charge on any atom is 0.327 e. The van der Waals surface area contributed by atoms with Gasteiger partial charge in [0.1, 0.15) is 6.04 Å². The highest BCUT2D eigenvalue weighted by atomic mass is 16.2. The van der Waals surface area contributed by atoms with Crippen molar-refractivity contribution in [2.24, 2.45) is 0 Å². The highest BCUT2D eigenvalue weighted by Gasteiger charge is 2.45. The summed E-state index contributed by atoms with van der Waals surface area (Å²) in [6.07, 6.45) is 3.11. The Kier molecular flexibility index (Phi) is 1.78. The van der Waals surface area contributed by atoms with Gasteiger partial charge in [0.05, 0.1) is 0 Å². The Bertz CT molecular complexity index is 240. The molecule has 1 atom stereocenters. The van der Waals surface area contributed by atoms with Gasteiger partial charge < -0.3 is 4.90 Å². The van der Waals surface area contributed by atoms with Crippen molar-refractivity contribution in [3.8, 4) is 0 Å². The first-order valence-corrected chi connectivity index (χ1v) is 4.73. The highest BCUT2D eigenvalue weighted by Crippen LogP contribution is 2.29. The van der Waals surface area contributed by atoms with E-state index in [0.29, 0.717) is 0 Å². The quantitative estimate of drug-likeness (QED) is 0.563. The van der Waals surface area contributed by atoms with Crippen LogP contribution in [0.3, 0.4) is 0 Å². The molecular formula is C9H14N2O2. The molecule has 13 heavy (non-hydrogen) atoms. The van der Waals surface area contributed by atoms with Gasteiger partial charge >= 0.3 is 6.03 Å². The molecule has 0 unspecified atom stereocenters. The summed E-state index contributed by atoms with van der Waals surface area (Å²) >= 11 is 0. The third kappa shape index (κ3) is 1.04. The number of rotatable bonds is 1.